The number of phenols is 1. The molecule has 29 heavy (non-hydrogen) atoms. The number of aryl methyl sites for hydroxylation is 1. The first-order chi connectivity index (χ1) is 13.2. The van der Waals surface area contributed by atoms with Gasteiger partial charge in [-0.2, -0.15) is 0 Å². The normalized spacial score (nSPS) is 12.0. The van der Waals surface area contributed by atoms with E-state index in [9.17, 15) is 9.90 Å². The van der Waals surface area contributed by atoms with Gasteiger partial charge in [-0.15, -0.1) is 0 Å². The Balaban J connectivity index is 2.58. The van der Waals surface area contributed by atoms with Gasteiger partial charge in [-0.25, -0.2) is 4.79 Å². The molecule has 0 unspecified atom stereocenters. The third-order valence-electron chi connectivity index (χ3n) is 4.95. The molecule has 0 spiro atoms. The minimum Gasteiger partial charge on any atom is -0.507 e. The number of phenolic OH excluding ortho intramolecular Hbond substituents is 1. The molecule has 0 fully saturated rings. The van der Waals surface area contributed by atoms with E-state index in [1.807, 2.05) is 25.1 Å². The molecule has 2 aromatic carbocycles. The van der Waals surface area contributed by atoms with Crippen LogP contribution in [0.25, 0.3) is 0 Å². The van der Waals surface area contributed by atoms with Crippen molar-refractivity contribution in [2.75, 3.05) is 0 Å². The molecule has 3 heteroatoms. The van der Waals surface area contributed by atoms with Crippen LogP contribution in [0, 0.1) is 6.92 Å². The molecule has 0 amide bonds. The molecular weight excluding hydrogens is 360 g/mol. The number of aromatic hydroxyl groups is 1. The predicted octanol–water partition coefficient (Wildman–Crippen LogP) is 6.37. The zero-order valence-electron chi connectivity index (χ0n) is 19.1. The van der Waals surface area contributed by atoms with Gasteiger partial charge in [-0.05, 0) is 53.0 Å². The monoisotopic (exact) mass is 394 g/mol. The molecule has 0 aliphatic rings. The molecule has 0 heterocycles. The summed E-state index contributed by atoms with van der Waals surface area (Å²) in [5, 5.41) is 11.0. The molecular formula is C26H34O3. The molecule has 1 N–H and O–H groups in total. The lowest BCUT2D eigenvalue weighted by Gasteiger charge is -2.28. The largest absolute Gasteiger partial charge is 0.507 e. The Labute approximate surface area is 175 Å². The van der Waals surface area contributed by atoms with E-state index in [1.165, 1.54) is 0 Å². The van der Waals surface area contributed by atoms with Crippen molar-refractivity contribution in [2.24, 2.45) is 0 Å². The first-order valence-corrected chi connectivity index (χ1v) is 10.0. The second kappa shape index (κ2) is 8.06. The van der Waals surface area contributed by atoms with Crippen molar-refractivity contribution >= 4 is 5.97 Å². The van der Waals surface area contributed by atoms with Crippen molar-refractivity contribution in [3.8, 4) is 11.5 Å². The Morgan fingerprint density at radius 1 is 1.00 bits per heavy atom. The van der Waals surface area contributed by atoms with Crippen LogP contribution in [0.2, 0.25) is 0 Å². The van der Waals surface area contributed by atoms with Gasteiger partial charge in [-0.3, -0.25) is 0 Å². The number of hydrogen-bond acceptors (Lipinski definition) is 3. The Hall–Kier alpha value is -2.55. The number of benzene rings is 2. The van der Waals surface area contributed by atoms with Crippen molar-refractivity contribution < 1.29 is 14.6 Å². The van der Waals surface area contributed by atoms with Gasteiger partial charge in [0.05, 0.1) is 0 Å². The topological polar surface area (TPSA) is 46.5 Å². The van der Waals surface area contributed by atoms with Crippen molar-refractivity contribution in [1.82, 2.24) is 0 Å². The van der Waals surface area contributed by atoms with Gasteiger partial charge in [0, 0.05) is 12.0 Å². The van der Waals surface area contributed by atoms with Gasteiger partial charge >= 0.3 is 5.97 Å². The van der Waals surface area contributed by atoms with Gasteiger partial charge in [0.2, 0.25) is 0 Å². The van der Waals surface area contributed by atoms with Crippen LogP contribution >= 0.6 is 0 Å². The van der Waals surface area contributed by atoms with Crippen LogP contribution in [0.4, 0.5) is 0 Å². The van der Waals surface area contributed by atoms with Gasteiger partial charge in [0.25, 0.3) is 0 Å². The first kappa shape index (κ1) is 22.7. The van der Waals surface area contributed by atoms with E-state index in [0.29, 0.717) is 23.5 Å². The molecule has 0 aliphatic carbocycles. The molecule has 0 atom stereocenters. The van der Waals surface area contributed by atoms with Crippen molar-refractivity contribution in [3.05, 3.63) is 70.3 Å². The molecule has 0 saturated heterocycles. The SMILES string of the molecule is C=C(C)C(=O)Oc1ccc(C)cc1Cc1cc(C(C)(C)C)c(O)c(C(C)(C)C)c1. The number of rotatable bonds is 4. The van der Waals surface area contributed by atoms with Crippen LogP contribution in [0.3, 0.4) is 0 Å². The van der Waals surface area contributed by atoms with E-state index in [0.717, 1.165) is 27.8 Å². The second-order valence-corrected chi connectivity index (χ2v) is 10.00. The highest BCUT2D eigenvalue weighted by atomic mass is 16.5. The second-order valence-electron chi connectivity index (χ2n) is 10.00. The standard InChI is InChI=1S/C26H34O3/c1-16(2)24(28)29-22-11-10-17(3)12-19(22)13-18-14-20(25(4,5)6)23(27)21(15-18)26(7,8)9/h10-12,14-15,27H,1,13H2,2-9H3. The summed E-state index contributed by atoms with van der Waals surface area (Å²) in [6, 6.07) is 9.94. The Bertz CT molecular complexity index is 902. The molecule has 0 bridgehead atoms. The number of esters is 1. The lowest BCUT2D eigenvalue weighted by molar-refractivity contribution is -0.130. The van der Waals surface area contributed by atoms with Gasteiger partial charge in [0.15, 0.2) is 0 Å². The third-order valence-corrected chi connectivity index (χ3v) is 4.95. The van der Waals surface area contributed by atoms with E-state index in [-0.39, 0.29) is 10.8 Å². The number of hydrogen-bond donors (Lipinski definition) is 1. The van der Waals surface area contributed by atoms with Crippen molar-refractivity contribution in [1.29, 1.82) is 0 Å². The molecule has 0 saturated carbocycles. The minimum atomic E-state index is -0.424. The van der Waals surface area contributed by atoms with Crippen LogP contribution in [-0.4, -0.2) is 11.1 Å². The Kier molecular flexibility index (Phi) is 6.32. The van der Waals surface area contributed by atoms with E-state index >= 15 is 0 Å². The minimum absolute atomic E-state index is 0.193. The van der Waals surface area contributed by atoms with Gasteiger partial charge in [-0.1, -0.05) is 78.0 Å². The number of ether oxygens (including phenoxy) is 1. The molecule has 2 rings (SSSR count). The summed E-state index contributed by atoms with van der Waals surface area (Å²) in [4.78, 5) is 12.1. The van der Waals surface area contributed by atoms with Crippen LogP contribution in [0.5, 0.6) is 11.5 Å². The van der Waals surface area contributed by atoms with Crippen LogP contribution in [0.1, 0.15) is 76.3 Å². The van der Waals surface area contributed by atoms with Crippen LogP contribution in [0.15, 0.2) is 42.5 Å². The fourth-order valence-corrected chi connectivity index (χ4v) is 3.29. The van der Waals surface area contributed by atoms with Crippen molar-refractivity contribution in [3.63, 3.8) is 0 Å². The molecule has 0 aliphatic heterocycles. The van der Waals surface area contributed by atoms with Gasteiger partial charge in [0.1, 0.15) is 11.5 Å². The number of carbonyl (C=O) groups is 1. The lowest BCUT2D eigenvalue weighted by Crippen LogP contribution is -2.18. The fraction of sp³-hybridized carbons (Fsp3) is 0.423. The van der Waals surface area contributed by atoms with E-state index in [1.54, 1.807) is 6.92 Å². The summed E-state index contributed by atoms with van der Waals surface area (Å²) in [6.45, 7) is 19.9. The molecule has 0 aromatic heterocycles. The summed E-state index contributed by atoms with van der Waals surface area (Å²) in [7, 11) is 0. The Morgan fingerprint density at radius 2 is 1.52 bits per heavy atom. The van der Waals surface area contributed by atoms with E-state index in [2.05, 4.69) is 60.3 Å². The quantitative estimate of drug-likeness (QED) is 0.372. The molecule has 156 valence electrons. The average Bonchev–Trinajstić information content (AvgIpc) is 2.56. The molecule has 3 nitrogen and oxygen atoms in total. The van der Waals surface area contributed by atoms with E-state index in [4.69, 9.17) is 4.74 Å². The van der Waals surface area contributed by atoms with Gasteiger partial charge < -0.3 is 9.84 Å². The summed E-state index contributed by atoms with van der Waals surface area (Å²) in [6.07, 6.45) is 0.604. The maximum atomic E-state index is 12.1. The average molecular weight is 395 g/mol. The zero-order valence-corrected chi connectivity index (χ0v) is 19.1. The maximum Gasteiger partial charge on any atom is 0.338 e. The maximum absolute atomic E-state index is 12.1. The van der Waals surface area contributed by atoms with Crippen molar-refractivity contribution in [2.45, 2.75) is 72.6 Å². The summed E-state index contributed by atoms with van der Waals surface area (Å²) in [5.74, 6) is 0.491. The fourth-order valence-electron chi connectivity index (χ4n) is 3.29. The van der Waals surface area contributed by atoms with Crippen LogP contribution < -0.4 is 4.74 Å². The van der Waals surface area contributed by atoms with Crippen LogP contribution in [-0.2, 0) is 22.0 Å². The highest BCUT2D eigenvalue weighted by Gasteiger charge is 2.26. The smallest absolute Gasteiger partial charge is 0.338 e. The summed E-state index contributed by atoms with van der Waals surface area (Å²) < 4.78 is 5.57. The van der Waals surface area contributed by atoms with E-state index < -0.39 is 5.97 Å². The zero-order chi connectivity index (χ0) is 22.1. The first-order valence-electron chi connectivity index (χ1n) is 10.0. The highest BCUT2D eigenvalue weighted by Crippen LogP contribution is 2.40. The molecule has 0 radical (unpaired) electrons. The predicted molar refractivity (Wildman–Crippen MR) is 120 cm³/mol. The summed E-state index contributed by atoms with van der Waals surface area (Å²) in [5.41, 5.74) is 4.94. The number of carbonyl (C=O) groups excluding carboxylic acids is 1. The lowest BCUT2D eigenvalue weighted by atomic mass is 9.78. The molecule has 2 aromatic rings. The third kappa shape index (κ3) is 5.50. The summed E-state index contributed by atoms with van der Waals surface area (Å²) >= 11 is 0. The Morgan fingerprint density at radius 3 is 1.97 bits per heavy atom. The highest BCUT2D eigenvalue weighted by molar-refractivity contribution is 5.89.